The number of amides is 2. The lowest BCUT2D eigenvalue weighted by Gasteiger charge is -2.17. The molecule has 4 aromatic rings. The summed E-state index contributed by atoms with van der Waals surface area (Å²) in [5.41, 5.74) is 6.68. The first-order valence-corrected chi connectivity index (χ1v) is 11.1. The molecule has 0 fully saturated rings. The Hall–Kier alpha value is -4.68. The van der Waals surface area contributed by atoms with Gasteiger partial charge in [0.05, 0.1) is 41.0 Å². The first-order chi connectivity index (χ1) is 18.0. The van der Waals surface area contributed by atoms with Crippen LogP contribution < -0.4 is 20.5 Å². The second-order valence-electron chi connectivity index (χ2n) is 8.16. The van der Waals surface area contributed by atoms with E-state index in [-0.39, 0.29) is 40.2 Å². The Balaban J connectivity index is 1.59. The Kier molecular flexibility index (Phi) is 7.19. The highest BCUT2D eigenvalue weighted by molar-refractivity contribution is 6.06. The number of nitrogens with zero attached hydrogens (tertiary/aromatic N) is 3. The number of ether oxygens (including phenoxy) is 2. The summed E-state index contributed by atoms with van der Waals surface area (Å²) in [6.45, 7) is 0.935. The van der Waals surface area contributed by atoms with Crippen molar-refractivity contribution < 1.29 is 36.6 Å². The maximum Gasteiger partial charge on any atom is 0.425 e. The van der Waals surface area contributed by atoms with E-state index in [9.17, 15) is 27.2 Å². The molecule has 2 heterocycles. The van der Waals surface area contributed by atoms with E-state index in [4.69, 9.17) is 15.2 Å². The molecular formula is C25H21F4N5O4. The Morgan fingerprint density at radius 2 is 1.82 bits per heavy atom. The van der Waals surface area contributed by atoms with E-state index >= 15 is 0 Å². The number of fused-ring (bicyclic) bond motifs is 1. The maximum absolute atomic E-state index is 13.6. The van der Waals surface area contributed by atoms with Gasteiger partial charge in [-0.1, -0.05) is 12.1 Å². The summed E-state index contributed by atoms with van der Waals surface area (Å²) in [4.78, 5) is 28.4. The number of aromatic nitrogens is 3. The molecule has 9 nitrogen and oxygen atoms in total. The predicted octanol–water partition coefficient (Wildman–Crippen LogP) is 3.93. The standard InChI is InChI=1S/C25H21F4N5O4/c1-13(25(27,28)29)38-24-19-12-33-34(21(19)18(11-32-24)22(30)35)16-6-3-14(4-7-16)10-31-23(36)17-9-15(26)5-8-20(17)37-2/h3-9,11-13H,10H2,1-2H3,(H2,30,35)(H,31,36). The molecular weight excluding hydrogens is 510 g/mol. The number of hydrogen-bond acceptors (Lipinski definition) is 6. The van der Waals surface area contributed by atoms with Crippen LogP contribution in [0.3, 0.4) is 0 Å². The number of methoxy groups -OCH3 is 1. The minimum Gasteiger partial charge on any atom is -0.496 e. The summed E-state index contributed by atoms with van der Waals surface area (Å²) in [6.07, 6.45) is -4.51. The monoisotopic (exact) mass is 531 g/mol. The maximum atomic E-state index is 13.6. The fourth-order valence-electron chi connectivity index (χ4n) is 3.61. The van der Waals surface area contributed by atoms with E-state index < -0.39 is 29.9 Å². The molecule has 0 saturated carbocycles. The van der Waals surface area contributed by atoms with Gasteiger partial charge < -0.3 is 20.5 Å². The zero-order valence-corrected chi connectivity index (χ0v) is 20.0. The van der Waals surface area contributed by atoms with Crippen LogP contribution in [0.5, 0.6) is 11.6 Å². The number of pyridine rings is 1. The van der Waals surface area contributed by atoms with Crippen molar-refractivity contribution in [1.29, 1.82) is 0 Å². The molecule has 38 heavy (non-hydrogen) atoms. The summed E-state index contributed by atoms with van der Waals surface area (Å²) in [5.74, 6) is -2.11. The lowest BCUT2D eigenvalue weighted by molar-refractivity contribution is -0.189. The largest absolute Gasteiger partial charge is 0.496 e. The fraction of sp³-hybridized carbons (Fsp3) is 0.200. The predicted molar refractivity (Wildman–Crippen MR) is 128 cm³/mol. The minimum atomic E-state index is -4.63. The number of rotatable bonds is 8. The summed E-state index contributed by atoms with van der Waals surface area (Å²) in [6, 6.07) is 10.2. The average Bonchev–Trinajstić information content (AvgIpc) is 3.32. The fourth-order valence-corrected chi connectivity index (χ4v) is 3.61. The molecule has 1 atom stereocenters. The molecule has 2 aromatic carbocycles. The highest BCUT2D eigenvalue weighted by Crippen LogP contribution is 2.31. The number of alkyl halides is 3. The van der Waals surface area contributed by atoms with Gasteiger partial charge in [-0.15, -0.1) is 0 Å². The molecule has 3 N–H and O–H groups in total. The number of benzene rings is 2. The third-order valence-corrected chi connectivity index (χ3v) is 5.62. The van der Waals surface area contributed by atoms with Crippen LogP contribution in [0.15, 0.2) is 54.9 Å². The third-order valence-electron chi connectivity index (χ3n) is 5.62. The van der Waals surface area contributed by atoms with E-state index in [0.29, 0.717) is 11.3 Å². The lowest BCUT2D eigenvalue weighted by Crippen LogP contribution is -2.31. The molecule has 0 saturated heterocycles. The number of nitrogens with two attached hydrogens (primary N) is 1. The lowest BCUT2D eigenvalue weighted by atomic mass is 10.1. The van der Waals surface area contributed by atoms with Gasteiger partial charge in [0, 0.05) is 12.7 Å². The van der Waals surface area contributed by atoms with Gasteiger partial charge in [0.15, 0.2) is 6.10 Å². The van der Waals surface area contributed by atoms with Crippen LogP contribution in [0, 0.1) is 5.82 Å². The van der Waals surface area contributed by atoms with Crippen molar-refractivity contribution in [2.45, 2.75) is 25.7 Å². The van der Waals surface area contributed by atoms with Gasteiger partial charge in [-0.3, -0.25) is 9.59 Å². The molecule has 0 aliphatic carbocycles. The molecule has 2 amide bonds. The van der Waals surface area contributed by atoms with Crippen molar-refractivity contribution in [3.63, 3.8) is 0 Å². The number of carbonyl (C=O) groups is 2. The summed E-state index contributed by atoms with van der Waals surface area (Å²) in [7, 11) is 1.37. The van der Waals surface area contributed by atoms with Gasteiger partial charge in [0.2, 0.25) is 5.88 Å². The van der Waals surface area contributed by atoms with E-state index in [2.05, 4.69) is 15.4 Å². The van der Waals surface area contributed by atoms with Gasteiger partial charge >= 0.3 is 6.18 Å². The van der Waals surface area contributed by atoms with E-state index in [0.717, 1.165) is 19.2 Å². The van der Waals surface area contributed by atoms with Crippen LogP contribution in [0.1, 0.15) is 33.2 Å². The van der Waals surface area contributed by atoms with Crippen molar-refractivity contribution in [3.8, 4) is 17.3 Å². The third kappa shape index (κ3) is 5.36. The molecule has 0 radical (unpaired) electrons. The first-order valence-electron chi connectivity index (χ1n) is 11.1. The van der Waals surface area contributed by atoms with Crippen molar-refractivity contribution in [2.24, 2.45) is 5.73 Å². The summed E-state index contributed by atoms with van der Waals surface area (Å²) in [5, 5.41) is 6.94. The molecule has 0 aliphatic heterocycles. The van der Waals surface area contributed by atoms with Gasteiger partial charge in [0.1, 0.15) is 11.6 Å². The van der Waals surface area contributed by atoms with Crippen molar-refractivity contribution >= 4 is 22.7 Å². The van der Waals surface area contributed by atoms with Crippen LogP contribution in [0.25, 0.3) is 16.6 Å². The smallest absolute Gasteiger partial charge is 0.425 e. The van der Waals surface area contributed by atoms with Gasteiger partial charge in [-0.2, -0.15) is 18.3 Å². The van der Waals surface area contributed by atoms with Crippen LogP contribution in [-0.2, 0) is 6.54 Å². The quantitative estimate of drug-likeness (QED) is 0.333. The summed E-state index contributed by atoms with van der Waals surface area (Å²) >= 11 is 0. The van der Waals surface area contributed by atoms with Crippen LogP contribution >= 0.6 is 0 Å². The van der Waals surface area contributed by atoms with Gasteiger partial charge in [-0.25, -0.2) is 14.1 Å². The molecule has 0 bridgehead atoms. The number of nitrogens with one attached hydrogen (secondary N) is 1. The number of primary amides is 1. The normalized spacial score (nSPS) is 12.3. The first kappa shape index (κ1) is 26.4. The second-order valence-corrected chi connectivity index (χ2v) is 8.16. The molecule has 0 aliphatic rings. The minimum absolute atomic E-state index is 0.0394. The number of carbonyl (C=O) groups excluding carboxylic acids is 2. The van der Waals surface area contributed by atoms with Crippen LogP contribution in [-0.4, -0.2) is 46.0 Å². The van der Waals surface area contributed by atoms with Crippen LogP contribution in [0.2, 0.25) is 0 Å². The van der Waals surface area contributed by atoms with Crippen molar-refractivity contribution in [3.05, 3.63) is 77.4 Å². The van der Waals surface area contributed by atoms with Crippen LogP contribution in [0.4, 0.5) is 17.6 Å². The highest BCUT2D eigenvalue weighted by Gasteiger charge is 2.39. The number of halogens is 4. The molecule has 4 rings (SSSR count). The molecule has 198 valence electrons. The zero-order chi connectivity index (χ0) is 27.6. The average molecular weight is 531 g/mol. The van der Waals surface area contributed by atoms with Crippen molar-refractivity contribution in [1.82, 2.24) is 20.1 Å². The molecule has 2 aromatic heterocycles. The van der Waals surface area contributed by atoms with Crippen molar-refractivity contribution in [2.75, 3.05) is 7.11 Å². The zero-order valence-electron chi connectivity index (χ0n) is 20.0. The molecule has 1 unspecified atom stereocenters. The van der Waals surface area contributed by atoms with Gasteiger partial charge in [-0.05, 0) is 42.8 Å². The van der Waals surface area contributed by atoms with E-state index in [1.807, 2.05) is 0 Å². The SMILES string of the molecule is COc1ccc(F)cc1C(=O)NCc1ccc(-n2ncc3c(OC(C)C(F)(F)F)ncc(C(N)=O)c32)cc1. The number of hydrogen-bond donors (Lipinski definition) is 2. The summed E-state index contributed by atoms with van der Waals surface area (Å²) < 4.78 is 64.1. The van der Waals surface area contributed by atoms with E-state index in [1.54, 1.807) is 24.3 Å². The molecule has 13 heteroatoms. The Bertz CT molecular complexity index is 1500. The Labute approximate surface area is 213 Å². The Morgan fingerprint density at radius 1 is 1.11 bits per heavy atom. The Morgan fingerprint density at radius 3 is 2.45 bits per heavy atom. The van der Waals surface area contributed by atoms with E-state index in [1.165, 1.54) is 30.1 Å². The molecule has 0 spiro atoms. The van der Waals surface area contributed by atoms with Gasteiger partial charge in [0.25, 0.3) is 11.8 Å². The topological polar surface area (TPSA) is 121 Å². The second kappa shape index (κ2) is 10.4. The highest BCUT2D eigenvalue weighted by atomic mass is 19.4.